The van der Waals surface area contributed by atoms with Crippen molar-refractivity contribution in [1.82, 2.24) is 0 Å². The van der Waals surface area contributed by atoms with Crippen LogP contribution in [0.1, 0.15) is 12.5 Å². The van der Waals surface area contributed by atoms with Gasteiger partial charge in [0.1, 0.15) is 5.50 Å². The molecule has 0 spiro atoms. The van der Waals surface area contributed by atoms with Crippen LogP contribution in [0.4, 0.5) is 5.69 Å². The molecule has 2 rings (SSSR count). The van der Waals surface area contributed by atoms with Gasteiger partial charge in [0.15, 0.2) is 0 Å². The number of fused-ring (bicyclic) bond motifs is 1. The maximum atomic E-state index is 11.5. The Bertz CT molecular complexity index is 349. The molecule has 3 heteroatoms. The molecule has 0 fully saturated rings. The first-order chi connectivity index (χ1) is 6.20. The summed E-state index contributed by atoms with van der Waals surface area (Å²) in [6.45, 7) is 1.81. The fraction of sp³-hybridized carbons (Fsp3) is 0.300. The molecule has 13 heavy (non-hydrogen) atoms. The molecule has 0 saturated carbocycles. The van der Waals surface area contributed by atoms with E-state index in [9.17, 15) is 4.79 Å². The van der Waals surface area contributed by atoms with E-state index in [1.165, 1.54) is 0 Å². The third kappa shape index (κ3) is 1.31. The van der Waals surface area contributed by atoms with Crippen LogP contribution in [0.15, 0.2) is 24.3 Å². The van der Waals surface area contributed by atoms with Gasteiger partial charge in [-0.2, -0.15) is 0 Å². The van der Waals surface area contributed by atoms with Crippen molar-refractivity contribution < 1.29 is 4.79 Å². The summed E-state index contributed by atoms with van der Waals surface area (Å²) in [5.41, 5.74) is 1.76. The first-order valence-corrected chi connectivity index (χ1v) is 4.68. The van der Waals surface area contributed by atoms with E-state index in [1.807, 2.05) is 31.2 Å². The Labute approximate surface area is 82.1 Å². The molecule has 0 saturated heterocycles. The Hall–Kier alpha value is -1.02. The zero-order valence-electron chi connectivity index (χ0n) is 7.33. The molecule has 1 amide bonds. The third-order valence-corrected chi connectivity index (χ3v) is 2.41. The Morgan fingerprint density at radius 1 is 1.46 bits per heavy atom. The summed E-state index contributed by atoms with van der Waals surface area (Å²) >= 11 is 5.91. The van der Waals surface area contributed by atoms with E-state index in [-0.39, 0.29) is 11.4 Å². The molecule has 1 aliphatic rings. The Morgan fingerprint density at radius 2 is 2.15 bits per heavy atom. The minimum atomic E-state index is -0.267. The number of halogens is 1. The molecule has 0 aromatic heterocycles. The average molecular weight is 196 g/mol. The molecule has 1 aromatic rings. The van der Waals surface area contributed by atoms with Gasteiger partial charge in [-0.05, 0) is 18.6 Å². The second-order valence-electron chi connectivity index (χ2n) is 3.14. The van der Waals surface area contributed by atoms with Crippen LogP contribution < -0.4 is 4.90 Å². The lowest BCUT2D eigenvalue weighted by molar-refractivity contribution is -0.117. The number of hydrogen-bond donors (Lipinski definition) is 0. The van der Waals surface area contributed by atoms with E-state index >= 15 is 0 Å². The zero-order chi connectivity index (χ0) is 9.42. The highest BCUT2D eigenvalue weighted by molar-refractivity contribution is 6.25. The van der Waals surface area contributed by atoms with E-state index < -0.39 is 0 Å². The lowest BCUT2D eigenvalue weighted by Gasteiger charge is -2.19. The maximum absolute atomic E-state index is 11.5. The van der Waals surface area contributed by atoms with E-state index in [2.05, 4.69) is 0 Å². The summed E-state index contributed by atoms with van der Waals surface area (Å²) in [6, 6.07) is 7.75. The standard InChI is InChI=1S/C10H10ClNO/c1-7(11)12-9-5-3-2-4-8(9)6-10(12)13/h2-5,7H,6H2,1H3. The summed E-state index contributed by atoms with van der Waals surface area (Å²) in [5.74, 6) is 0.0868. The molecule has 2 nitrogen and oxygen atoms in total. The topological polar surface area (TPSA) is 20.3 Å². The first kappa shape index (κ1) is 8.57. The molecule has 68 valence electrons. The van der Waals surface area contributed by atoms with Gasteiger partial charge >= 0.3 is 0 Å². The van der Waals surface area contributed by atoms with Crippen molar-refractivity contribution in [3.63, 3.8) is 0 Å². The summed E-state index contributed by atoms with van der Waals surface area (Å²) < 4.78 is 0. The number of amides is 1. The number of carbonyl (C=O) groups excluding carboxylic acids is 1. The normalized spacial score (nSPS) is 17.4. The molecule has 1 aromatic carbocycles. The van der Waals surface area contributed by atoms with Crippen molar-refractivity contribution in [3.05, 3.63) is 29.8 Å². The third-order valence-electron chi connectivity index (χ3n) is 2.22. The van der Waals surface area contributed by atoms with E-state index in [1.54, 1.807) is 4.90 Å². The highest BCUT2D eigenvalue weighted by Gasteiger charge is 2.29. The second-order valence-corrected chi connectivity index (χ2v) is 3.77. The van der Waals surface area contributed by atoms with Crippen LogP contribution in [0, 0.1) is 0 Å². The van der Waals surface area contributed by atoms with Crippen LogP contribution >= 0.6 is 11.6 Å². The lowest BCUT2D eigenvalue weighted by atomic mass is 10.2. The van der Waals surface area contributed by atoms with Crippen molar-refractivity contribution >= 4 is 23.2 Å². The molecule has 1 heterocycles. The van der Waals surface area contributed by atoms with Crippen LogP contribution in [0.5, 0.6) is 0 Å². The number of rotatable bonds is 1. The van der Waals surface area contributed by atoms with Gasteiger partial charge in [0, 0.05) is 5.69 Å². The average Bonchev–Trinajstić information content (AvgIpc) is 2.39. The van der Waals surface area contributed by atoms with Crippen molar-refractivity contribution in [2.24, 2.45) is 0 Å². The lowest BCUT2D eigenvalue weighted by Crippen LogP contribution is -2.31. The van der Waals surface area contributed by atoms with E-state index in [4.69, 9.17) is 11.6 Å². The van der Waals surface area contributed by atoms with Gasteiger partial charge < -0.3 is 0 Å². The smallest absolute Gasteiger partial charge is 0.232 e. The zero-order valence-corrected chi connectivity index (χ0v) is 8.08. The number of benzene rings is 1. The highest BCUT2D eigenvalue weighted by atomic mass is 35.5. The van der Waals surface area contributed by atoms with Gasteiger partial charge in [-0.1, -0.05) is 29.8 Å². The van der Waals surface area contributed by atoms with Crippen LogP contribution in [0.2, 0.25) is 0 Å². The minimum absolute atomic E-state index is 0.0868. The van der Waals surface area contributed by atoms with Crippen LogP contribution in [0.25, 0.3) is 0 Å². The number of carbonyl (C=O) groups is 1. The Kier molecular flexibility index (Phi) is 2.00. The van der Waals surface area contributed by atoms with E-state index in [0.29, 0.717) is 6.42 Å². The highest BCUT2D eigenvalue weighted by Crippen LogP contribution is 2.30. The van der Waals surface area contributed by atoms with Gasteiger partial charge in [0.25, 0.3) is 0 Å². The quantitative estimate of drug-likeness (QED) is 0.497. The van der Waals surface area contributed by atoms with Gasteiger partial charge in [-0.15, -0.1) is 0 Å². The van der Waals surface area contributed by atoms with Crippen molar-refractivity contribution in [2.75, 3.05) is 4.90 Å². The number of alkyl halides is 1. The molecule has 1 unspecified atom stereocenters. The summed E-state index contributed by atoms with van der Waals surface area (Å²) in [7, 11) is 0. The van der Waals surface area contributed by atoms with Crippen molar-refractivity contribution in [1.29, 1.82) is 0 Å². The predicted octanol–water partition coefficient (Wildman–Crippen LogP) is 2.16. The Morgan fingerprint density at radius 3 is 2.85 bits per heavy atom. The van der Waals surface area contributed by atoms with Crippen molar-refractivity contribution in [2.45, 2.75) is 18.8 Å². The SMILES string of the molecule is CC(Cl)N1C(=O)Cc2ccccc21. The van der Waals surface area contributed by atoms with Gasteiger partial charge in [0.2, 0.25) is 5.91 Å². The molecule has 0 bridgehead atoms. The van der Waals surface area contributed by atoms with E-state index in [0.717, 1.165) is 11.3 Å². The monoisotopic (exact) mass is 195 g/mol. The molecular formula is C10H10ClNO. The summed E-state index contributed by atoms with van der Waals surface area (Å²) in [4.78, 5) is 13.1. The van der Waals surface area contributed by atoms with Gasteiger partial charge in [-0.25, -0.2) is 0 Å². The molecule has 0 aliphatic carbocycles. The first-order valence-electron chi connectivity index (χ1n) is 4.24. The van der Waals surface area contributed by atoms with Gasteiger partial charge in [0.05, 0.1) is 6.42 Å². The number of anilines is 1. The number of nitrogens with zero attached hydrogens (tertiary/aromatic N) is 1. The van der Waals surface area contributed by atoms with Crippen molar-refractivity contribution in [3.8, 4) is 0 Å². The summed E-state index contributed by atoms with van der Waals surface area (Å²) in [6.07, 6.45) is 0.479. The largest absolute Gasteiger partial charge is 0.295 e. The molecule has 0 N–H and O–H groups in total. The Balaban J connectivity index is 2.46. The second kappa shape index (κ2) is 3.04. The predicted molar refractivity (Wildman–Crippen MR) is 52.9 cm³/mol. The molecular weight excluding hydrogens is 186 g/mol. The van der Waals surface area contributed by atoms with Crippen LogP contribution in [-0.4, -0.2) is 11.4 Å². The maximum Gasteiger partial charge on any atom is 0.232 e. The van der Waals surface area contributed by atoms with Crippen LogP contribution in [0.3, 0.4) is 0 Å². The van der Waals surface area contributed by atoms with Gasteiger partial charge in [-0.3, -0.25) is 9.69 Å². The summed E-state index contributed by atoms with van der Waals surface area (Å²) in [5, 5.41) is 0. The number of hydrogen-bond acceptors (Lipinski definition) is 1. The molecule has 1 aliphatic heterocycles. The molecule has 1 atom stereocenters. The fourth-order valence-corrected chi connectivity index (χ4v) is 1.88. The van der Waals surface area contributed by atoms with Crippen LogP contribution in [-0.2, 0) is 11.2 Å². The fourth-order valence-electron chi connectivity index (χ4n) is 1.67. The minimum Gasteiger partial charge on any atom is -0.295 e. The number of para-hydroxylation sites is 1. The molecule has 0 radical (unpaired) electrons.